The third kappa shape index (κ3) is 4.39. The largest absolute Gasteiger partial charge is 0.497 e. The van der Waals surface area contributed by atoms with Gasteiger partial charge in [0.25, 0.3) is 5.91 Å². The number of fused-ring (bicyclic) bond motifs is 1. The summed E-state index contributed by atoms with van der Waals surface area (Å²) in [5.74, 6) is 0.643. The number of ether oxygens (including phenoxy) is 1. The number of halogens is 1. The molecule has 1 amide bonds. The van der Waals surface area contributed by atoms with Crippen molar-refractivity contribution in [1.29, 1.82) is 0 Å². The van der Waals surface area contributed by atoms with Crippen molar-refractivity contribution in [2.24, 2.45) is 4.99 Å². The van der Waals surface area contributed by atoms with E-state index in [-0.39, 0.29) is 11.9 Å². The smallest absolute Gasteiger partial charge is 0.258 e. The molecule has 0 fully saturated rings. The van der Waals surface area contributed by atoms with Crippen molar-refractivity contribution in [2.45, 2.75) is 12.5 Å². The molecule has 0 N–H and O–H groups in total. The zero-order valence-electron chi connectivity index (χ0n) is 18.7. The number of aliphatic imine (C=N–C) groups is 1. The molecule has 1 aliphatic heterocycles. The fourth-order valence-corrected chi connectivity index (χ4v) is 4.55. The van der Waals surface area contributed by atoms with Crippen LogP contribution in [0.5, 0.6) is 5.75 Å². The summed E-state index contributed by atoms with van der Waals surface area (Å²) in [4.78, 5) is 21.0. The van der Waals surface area contributed by atoms with E-state index < -0.39 is 0 Å². The van der Waals surface area contributed by atoms with Crippen molar-refractivity contribution >= 4 is 38.9 Å². The highest BCUT2D eigenvalue weighted by molar-refractivity contribution is 9.10. The zero-order chi connectivity index (χ0) is 23.5. The Bertz CT molecular complexity index is 1330. The molecule has 0 aromatic heterocycles. The lowest BCUT2D eigenvalue weighted by Gasteiger charge is -2.32. The number of para-hydroxylation sites is 2. The minimum atomic E-state index is -0.221. The molecule has 4 aromatic carbocycles. The van der Waals surface area contributed by atoms with Gasteiger partial charge in [0.15, 0.2) is 0 Å². The average molecular weight is 511 g/mol. The summed E-state index contributed by atoms with van der Waals surface area (Å²) in [5.41, 5.74) is 5.22. The zero-order valence-corrected chi connectivity index (χ0v) is 20.3. The van der Waals surface area contributed by atoms with E-state index >= 15 is 0 Å². The molecule has 0 saturated carbocycles. The number of rotatable bonds is 4. The molecule has 34 heavy (non-hydrogen) atoms. The van der Waals surface area contributed by atoms with Crippen LogP contribution in [0.2, 0.25) is 0 Å². The third-order valence-electron chi connectivity index (χ3n) is 6.01. The van der Waals surface area contributed by atoms with E-state index in [9.17, 15) is 4.79 Å². The van der Waals surface area contributed by atoms with Gasteiger partial charge >= 0.3 is 0 Å². The van der Waals surface area contributed by atoms with Gasteiger partial charge in [0.1, 0.15) is 5.75 Å². The number of anilines is 1. The normalized spacial score (nSPS) is 15.2. The van der Waals surface area contributed by atoms with Gasteiger partial charge in [-0.3, -0.25) is 14.7 Å². The van der Waals surface area contributed by atoms with Gasteiger partial charge in [-0.15, -0.1) is 0 Å². The summed E-state index contributed by atoms with van der Waals surface area (Å²) in [7, 11) is 1.62. The molecule has 0 saturated heterocycles. The minimum absolute atomic E-state index is 0.0730. The van der Waals surface area contributed by atoms with Crippen LogP contribution < -0.4 is 9.64 Å². The van der Waals surface area contributed by atoms with Gasteiger partial charge in [0.05, 0.1) is 30.2 Å². The van der Waals surface area contributed by atoms with E-state index in [1.54, 1.807) is 7.11 Å². The molecule has 1 aliphatic rings. The lowest BCUT2D eigenvalue weighted by molar-refractivity contribution is 0.0977. The number of carbonyl (C=O) groups is 1. The average Bonchev–Trinajstić information content (AvgIpc) is 3.06. The second-order valence-corrected chi connectivity index (χ2v) is 9.00. The molecule has 4 aromatic rings. The summed E-state index contributed by atoms with van der Waals surface area (Å²) in [5, 5.41) is 0. The van der Waals surface area contributed by atoms with Crippen LogP contribution in [-0.2, 0) is 0 Å². The standard InChI is InChI=1S/C29H23BrN2O2/c1-34-24-17-13-22(14-18-24)29(33)32-27-10-6-5-9-25(27)31-26(20-11-15-23(30)16-12-20)19-28(32)21-7-3-2-4-8-21/h2-18,28H,19H2,1H3/t28-/m0/s1. The van der Waals surface area contributed by atoms with E-state index in [2.05, 4.69) is 40.2 Å². The summed E-state index contributed by atoms with van der Waals surface area (Å²) in [6, 6.07) is 33.2. The van der Waals surface area contributed by atoms with E-state index in [4.69, 9.17) is 9.73 Å². The highest BCUT2D eigenvalue weighted by Crippen LogP contribution is 2.41. The molecule has 5 heteroatoms. The van der Waals surface area contributed by atoms with Gasteiger partial charge in [0, 0.05) is 16.5 Å². The van der Waals surface area contributed by atoms with E-state index in [0.717, 1.165) is 32.7 Å². The molecular formula is C29H23BrN2O2. The van der Waals surface area contributed by atoms with Gasteiger partial charge in [-0.25, -0.2) is 0 Å². The van der Waals surface area contributed by atoms with Crippen LogP contribution in [0.3, 0.4) is 0 Å². The van der Waals surface area contributed by atoms with Crippen molar-refractivity contribution in [3.05, 3.63) is 124 Å². The molecular weight excluding hydrogens is 488 g/mol. The third-order valence-corrected chi connectivity index (χ3v) is 6.54. The number of nitrogens with zero attached hydrogens (tertiary/aromatic N) is 2. The Morgan fingerprint density at radius 1 is 0.882 bits per heavy atom. The lowest BCUT2D eigenvalue weighted by Crippen LogP contribution is -2.35. The number of methoxy groups -OCH3 is 1. The van der Waals surface area contributed by atoms with Crippen molar-refractivity contribution in [3.63, 3.8) is 0 Å². The van der Waals surface area contributed by atoms with Crippen molar-refractivity contribution in [2.75, 3.05) is 12.0 Å². The van der Waals surface area contributed by atoms with Gasteiger partial charge in [-0.05, 0) is 59.7 Å². The fourth-order valence-electron chi connectivity index (χ4n) is 4.29. The van der Waals surface area contributed by atoms with Crippen LogP contribution in [0.4, 0.5) is 11.4 Å². The van der Waals surface area contributed by atoms with Crippen molar-refractivity contribution < 1.29 is 9.53 Å². The topological polar surface area (TPSA) is 41.9 Å². The first-order chi connectivity index (χ1) is 16.6. The maximum absolute atomic E-state index is 14.0. The first-order valence-corrected chi connectivity index (χ1v) is 11.9. The Hall–Kier alpha value is -3.70. The number of benzene rings is 4. The van der Waals surface area contributed by atoms with Crippen LogP contribution in [0, 0.1) is 0 Å². The highest BCUT2D eigenvalue weighted by atomic mass is 79.9. The van der Waals surface area contributed by atoms with Crippen LogP contribution >= 0.6 is 15.9 Å². The molecule has 0 aliphatic carbocycles. The monoisotopic (exact) mass is 510 g/mol. The highest BCUT2D eigenvalue weighted by Gasteiger charge is 2.33. The Balaban J connectivity index is 1.66. The van der Waals surface area contributed by atoms with Crippen LogP contribution in [0.1, 0.15) is 33.9 Å². The first-order valence-electron chi connectivity index (χ1n) is 11.1. The maximum Gasteiger partial charge on any atom is 0.258 e. The van der Waals surface area contributed by atoms with E-state index in [0.29, 0.717) is 17.7 Å². The summed E-state index contributed by atoms with van der Waals surface area (Å²) in [6.45, 7) is 0. The van der Waals surface area contributed by atoms with Crippen LogP contribution in [0.25, 0.3) is 0 Å². The number of carbonyl (C=O) groups excluding carboxylic acids is 1. The fraction of sp³-hybridized carbons (Fsp3) is 0.103. The van der Waals surface area contributed by atoms with Gasteiger partial charge < -0.3 is 4.74 Å². The number of amides is 1. The Kier molecular flexibility index (Phi) is 6.28. The lowest BCUT2D eigenvalue weighted by atomic mass is 9.95. The SMILES string of the molecule is COc1ccc(C(=O)N2c3ccccc3N=C(c3ccc(Br)cc3)C[C@H]2c2ccccc2)cc1. The predicted molar refractivity (Wildman–Crippen MR) is 140 cm³/mol. The van der Waals surface area contributed by atoms with Gasteiger partial charge in [0.2, 0.25) is 0 Å². The molecule has 4 nitrogen and oxygen atoms in total. The second kappa shape index (κ2) is 9.65. The molecule has 1 heterocycles. The molecule has 0 unspecified atom stereocenters. The summed E-state index contributed by atoms with van der Waals surface area (Å²) < 4.78 is 6.30. The Morgan fingerprint density at radius 3 is 2.26 bits per heavy atom. The van der Waals surface area contributed by atoms with Crippen molar-refractivity contribution in [1.82, 2.24) is 0 Å². The van der Waals surface area contributed by atoms with E-state index in [1.807, 2.05) is 83.8 Å². The minimum Gasteiger partial charge on any atom is -0.497 e. The first kappa shape index (κ1) is 22.1. The van der Waals surface area contributed by atoms with Crippen molar-refractivity contribution in [3.8, 4) is 5.75 Å². The molecule has 0 bridgehead atoms. The predicted octanol–water partition coefficient (Wildman–Crippen LogP) is 7.37. The maximum atomic E-state index is 14.0. The van der Waals surface area contributed by atoms with Gasteiger partial charge in [-0.2, -0.15) is 0 Å². The van der Waals surface area contributed by atoms with E-state index in [1.165, 1.54) is 0 Å². The molecule has 0 radical (unpaired) electrons. The Morgan fingerprint density at radius 2 is 1.56 bits per heavy atom. The number of hydrogen-bond acceptors (Lipinski definition) is 3. The summed E-state index contributed by atoms with van der Waals surface area (Å²) in [6.07, 6.45) is 0.586. The van der Waals surface area contributed by atoms with Gasteiger partial charge in [-0.1, -0.05) is 70.5 Å². The van der Waals surface area contributed by atoms with Crippen LogP contribution in [0.15, 0.2) is 113 Å². The van der Waals surface area contributed by atoms with Crippen LogP contribution in [-0.4, -0.2) is 18.7 Å². The number of hydrogen-bond donors (Lipinski definition) is 0. The quantitative estimate of drug-likeness (QED) is 0.287. The second-order valence-electron chi connectivity index (χ2n) is 8.09. The summed E-state index contributed by atoms with van der Waals surface area (Å²) >= 11 is 3.52. The Labute approximate surface area is 207 Å². The molecule has 1 atom stereocenters. The molecule has 168 valence electrons. The molecule has 5 rings (SSSR count). The molecule has 0 spiro atoms.